The van der Waals surface area contributed by atoms with Crippen molar-refractivity contribution in [3.63, 3.8) is 0 Å². The smallest absolute Gasteiger partial charge is 0.147 e. The molecule has 1 aromatic heterocycles. The van der Waals surface area contributed by atoms with E-state index in [1.807, 2.05) is 60.7 Å². The molecule has 2 N–H and O–H groups in total. The number of hydrogen-bond donors (Lipinski definition) is 2. The number of hydrogen-bond acceptors (Lipinski definition) is 3. The van der Waals surface area contributed by atoms with Crippen LogP contribution in [-0.2, 0) is 0 Å². The minimum Gasteiger partial charge on any atom is -0.505 e. The van der Waals surface area contributed by atoms with Gasteiger partial charge in [-0.05, 0) is 29.8 Å². The second-order valence-corrected chi connectivity index (χ2v) is 7.01. The molecule has 0 amide bonds. The van der Waals surface area contributed by atoms with E-state index in [9.17, 15) is 5.11 Å². The molecule has 0 saturated heterocycles. The van der Waals surface area contributed by atoms with Crippen molar-refractivity contribution >= 4 is 39.8 Å². The minimum absolute atomic E-state index is 0.162. The van der Waals surface area contributed by atoms with Crippen LogP contribution in [0.2, 0.25) is 10.0 Å². The summed E-state index contributed by atoms with van der Waals surface area (Å²) in [6.45, 7) is 0. The Balaban J connectivity index is 1.83. The van der Waals surface area contributed by atoms with Gasteiger partial charge in [0.1, 0.15) is 11.3 Å². The molecule has 1 heterocycles. The van der Waals surface area contributed by atoms with Crippen molar-refractivity contribution in [2.24, 2.45) is 0 Å². The summed E-state index contributed by atoms with van der Waals surface area (Å²) in [5.41, 5.74) is 3.12. The van der Waals surface area contributed by atoms with Crippen LogP contribution >= 0.6 is 23.2 Å². The number of halogens is 2. The lowest BCUT2D eigenvalue weighted by Gasteiger charge is -2.22. The Morgan fingerprint density at radius 3 is 2.44 bits per heavy atom. The monoisotopic (exact) mass is 394 g/mol. The molecule has 5 heteroatoms. The van der Waals surface area contributed by atoms with Crippen molar-refractivity contribution in [1.82, 2.24) is 4.98 Å². The first kappa shape index (κ1) is 17.7. The molecule has 0 radical (unpaired) electrons. The molecule has 0 bridgehead atoms. The number of anilines is 1. The zero-order chi connectivity index (χ0) is 18.8. The summed E-state index contributed by atoms with van der Waals surface area (Å²) in [4.78, 5) is 4.33. The molecule has 4 rings (SSSR count). The van der Waals surface area contributed by atoms with Gasteiger partial charge in [0.15, 0.2) is 0 Å². The van der Waals surface area contributed by atoms with E-state index in [2.05, 4.69) is 10.3 Å². The third kappa shape index (κ3) is 3.57. The topological polar surface area (TPSA) is 45.1 Å². The highest BCUT2D eigenvalue weighted by atomic mass is 35.5. The fourth-order valence-corrected chi connectivity index (χ4v) is 3.42. The van der Waals surface area contributed by atoms with Crippen molar-refractivity contribution in [1.29, 1.82) is 0 Å². The molecule has 0 saturated carbocycles. The van der Waals surface area contributed by atoms with Crippen molar-refractivity contribution in [3.8, 4) is 5.75 Å². The van der Waals surface area contributed by atoms with Crippen LogP contribution in [0.15, 0.2) is 79.0 Å². The van der Waals surface area contributed by atoms with Gasteiger partial charge in [-0.3, -0.25) is 4.98 Å². The second kappa shape index (κ2) is 7.47. The van der Waals surface area contributed by atoms with Gasteiger partial charge in [0.25, 0.3) is 0 Å². The first-order valence-corrected chi connectivity index (χ1v) is 9.22. The molecule has 3 aromatic carbocycles. The second-order valence-electron chi connectivity index (χ2n) is 6.20. The van der Waals surface area contributed by atoms with E-state index in [1.54, 1.807) is 18.3 Å². The van der Waals surface area contributed by atoms with Crippen molar-refractivity contribution in [3.05, 3.63) is 100 Å². The summed E-state index contributed by atoms with van der Waals surface area (Å²) in [6.07, 6.45) is 1.68. The third-order valence-electron chi connectivity index (χ3n) is 4.45. The molecule has 1 unspecified atom stereocenters. The van der Waals surface area contributed by atoms with Gasteiger partial charge in [0, 0.05) is 22.8 Å². The summed E-state index contributed by atoms with van der Waals surface area (Å²) in [7, 11) is 0. The summed E-state index contributed by atoms with van der Waals surface area (Å²) >= 11 is 12.2. The molecule has 1 atom stereocenters. The minimum atomic E-state index is -0.283. The third-order valence-corrected chi connectivity index (χ3v) is 5.19. The zero-order valence-corrected chi connectivity index (χ0v) is 15.7. The van der Waals surface area contributed by atoms with Crippen LogP contribution in [-0.4, -0.2) is 10.1 Å². The lowest BCUT2D eigenvalue weighted by Crippen LogP contribution is -2.12. The molecule has 0 aliphatic carbocycles. The Morgan fingerprint density at radius 2 is 1.67 bits per heavy atom. The molecular formula is C22H16Cl2N2O. The quantitative estimate of drug-likeness (QED) is 0.418. The Hall–Kier alpha value is -2.75. The largest absolute Gasteiger partial charge is 0.505 e. The molecule has 3 nitrogen and oxygen atoms in total. The van der Waals surface area contributed by atoms with Crippen LogP contribution in [0.3, 0.4) is 0 Å². The van der Waals surface area contributed by atoms with E-state index < -0.39 is 0 Å². The van der Waals surface area contributed by atoms with E-state index in [4.69, 9.17) is 23.2 Å². The standard InChI is InChI=1S/C22H16Cl2N2O/c23-18-11-9-16(13-19(18)24)26-20(14-5-2-1-3-6-14)17-10-8-15-7-4-12-25-21(15)22(17)27/h1-13,20,26-27H. The van der Waals surface area contributed by atoms with Crippen LogP contribution < -0.4 is 5.32 Å². The average Bonchev–Trinajstić information content (AvgIpc) is 2.70. The van der Waals surface area contributed by atoms with Gasteiger partial charge >= 0.3 is 0 Å². The summed E-state index contributed by atoms with van der Waals surface area (Å²) in [6, 6.07) is 22.7. The van der Waals surface area contributed by atoms with E-state index in [0.29, 0.717) is 15.6 Å². The lowest BCUT2D eigenvalue weighted by atomic mass is 9.96. The predicted octanol–water partition coefficient (Wildman–Crippen LogP) is 6.45. The SMILES string of the molecule is Oc1c(C(Nc2ccc(Cl)c(Cl)c2)c2ccccc2)ccc2cccnc12. The fraction of sp³-hybridized carbons (Fsp3) is 0.0455. The molecule has 0 fully saturated rings. The lowest BCUT2D eigenvalue weighted by molar-refractivity contribution is 0.472. The van der Waals surface area contributed by atoms with E-state index in [-0.39, 0.29) is 11.8 Å². The van der Waals surface area contributed by atoms with Crippen molar-refractivity contribution < 1.29 is 5.11 Å². The number of aromatic hydroxyl groups is 1. The first-order chi connectivity index (χ1) is 13.1. The summed E-state index contributed by atoms with van der Waals surface area (Å²) in [5.74, 6) is 0.162. The number of aromatic nitrogens is 1. The molecule has 0 aliphatic rings. The Morgan fingerprint density at radius 1 is 0.852 bits per heavy atom. The molecular weight excluding hydrogens is 379 g/mol. The molecule has 0 spiro atoms. The average molecular weight is 395 g/mol. The van der Waals surface area contributed by atoms with Crippen LogP contribution in [0.1, 0.15) is 17.2 Å². The van der Waals surface area contributed by atoms with Gasteiger partial charge in [-0.1, -0.05) is 71.7 Å². The van der Waals surface area contributed by atoms with E-state index in [1.165, 1.54) is 0 Å². The predicted molar refractivity (Wildman–Crippen MR) is 112 cm³/mol. The van der Waals surface area contributed by atoms with Gasteiger partial charge in [0.05, 0.1) is 16.1 Å². The maximum Gasteiger partial charge on any atom is 0.147 e. The van der Waals surface area contributed by atoms with Gasteiger partial charge < -0.3 is 10.4 Å². The zero-order valence-electron chi connectivity index (χ0n) is 14.2. The van der Waals surface area contributed by atoms with Gasteiger partial charge in [-0.15, -0.1) is 0 Å². The summed E-state index contributed by atoms with van der Waals surface area (Å²) in [5, 5.41) is 16.2. The highest BCUT2D eigenvalue weighted by Gasteiger charge is 2.20. The number of nitrogens with zero attached hydrogens (tertiary/aromatic N) is 1. The maximum absolute atomic E-state index is 10.9. The first-order valence-electron chi connectivity index (χ1n) is 8.46. The van der Waals surface area contributed by atoms with Gasteiger partial charge in [-0.25, -0.2) is 0 Å². The van der Waals surface area contributed by atoms with E-state index >= 15 is 0 Å². The normalized spacial score (nSPS) is 12.1. The number of rotatable bonds is 4. The highest BCUT2D eigenvalue weighted by Crippen LogP contribution is 2.37. The molecule has 0 aliphatic heterocycles. The van der Waals surface area contributed by atoms with Gasteiger partial charge in [-0.2, -0.15) is 0 Å². The van der Waals surface area contributed by atoms with Gasteiger partial charge in [0.2, 0.25) is 0 Å². The molecule has 27 heavy (non-hydrogen) atoms. The van der Waals surface area contributed by atoms with E-state index in [0.717, 1.165) is 22.2 Å². The Bertz CT molecular complexity index is 1100. The van der Waals surface area contributed by atoms with Crippen LogP contribution in [0.25, 0.3) is 10.9 Å². The number of phenols is 1. The Kier molecular flexibility index (Phi) is 4.88. The van der Waals surface area contributed by atoms with Crippen LogP contribution in [0.4, 0.5) is 5.69 Å². The highest BCUT2D eigenvalue weighted by molar-refractivity contribution is 6.42. The number of benzene rings is 3. The molecule has 4 aromatic rings. The molecule has 134 valence electrons. The number of pyridine rings is 1. The van der Waals surface area contributed by atoms with Crippen LogP contribution in [0, 0.1) is 0 Å². The number of nitrogens with one attached hydrogen (secondary N) is 1. The number of phenolic OH excluding ortho intramolecular Hbond substituents is 1. The Labute approximate surface area is 167 Å². The van der Waals surface area contributed by atoms with Crippen molar-refractivity contribution in [2.75, 3.05) is 5.32 Å². The fourth-order valence-electron chi connectivity index (χ4n) is 3.12. The summed E-state index contributed by atoms with van der Waals surface area (Å²) < 4.78 is 0. The number of fused-ring (bicyclic) bond motifs is 1. The maximum atomic E-state index is 10.9. The van der Waals surface area contributed by atoms with Crippen molar-refractivity contribution in [2.45, 2.75) is 6.04 Å². The van der Waals surface area contributed by atoms with Crippen LogP contribution in [0.5, 0.6) is 5.75 Å².